The van der Waals surface area contributed by atoms with Gasteiger partial charge in [0.2, 0.25) is 0 Å². The Bertz CT molecular complexity index is 403. The van der Waals surface area contributed by atoms with Crippen molar-refractivity contribution in [3.63, 3.8) is 0 Å². The number of benzene rings is 1. The molecule has 0 spiro atoms. The van der Waals surface area contributed by atoms with Crippen LogP contribution in [-0.4, -0.2) is 17.5 Å². The highest BCUT2D eigenvalue weighted by Gasteiger charge is 2.02. The van der Waals surface area contributed by atoms with Gasteiger partial charge in [-0.15, -0.1) is 0 Å². The molecule has 0 aliphatic carbocycles. The number of rotatable bonds is 6. The average molecular weight is 262 g/mol. The van der Waals surface area contributed by atoms with Crippen molar-refractivity contribution in [3.05, 3.63) is 35.4 Å². The fourth-order valence-corrected chi connectivity index (χ4v) is 2.70. The average Bonchev–Trinajstić information content (AvgIpc) is 2.40. The molecule has 1 aromatic rings. The van der Waals surface area contributed by atoms with E-state index in [1.54, 1.807) is 0 Å². The van der Waals surface area contributed by atoms with Gasteiger partial charge in [0.1, 0.15) is 0 Å². The van der Waals surface area contributed by atoms with Crippen LogP contribution in [0.15, 0.2) is 24.3 Å². The maximum atomic E-state index is 8.74. The lowest BCUT2D eigenvalue weighted by Crippen LogP contribution is -1.96. The Kier molecular flexibility index (Phi) is 7.64. The molecule has 0 aliphatic rings. The highest BCUT2D eigenvalue weighted by molar-refractivity contribution is 7.98. The SMILES string of the molecule is CCC(C)CSCc1ccccc1C#CCCO. The maximum absolute atomic E-state index is 8.74. The van der Waals surface area contributed by atoms with Crippen LogP contribution in [0.3, 0.4) is 0 Å². The molecule has 0 heterocycles. The van der Waals surface area contributed by atoms with E-state index in [1.807, 2.05) is 17.8 Å². The molecular formula is C16H22OS. The molecule has 98 valence electrons. The fourth-order valence-electron chi connectivity index (χ4n) is 1.47. The predicted molar refractivity (Wildman–Crippen MR) is 80.6 cm³/mol. The van der Waals surface area contributed by atoms with Crippen LogP contribution >= 0.6 is 11.8 Å². The van der Waals surface area contributed by atoms with Crippen LogP contribution in [0, 0.1) is 17.8 Å². The molecule has 2 heteroatoms. The van der Waals surface area contributed by atoms with E-state index >= 15 is 0 Å². The van der Waals surface area contributed by atoms with Crippen molar-refractivity contribution in [2.24, 2.45) is 5.92 Å². The zero-order valence-corrected chi connectivity index (χ0v) is 12.1. The molecule has 0 saturated heterocycles. The van der Waals surface area contributed by atoms with E-state index in [0.717, 1.165) is 17.2 Å². The standard InChI is InChI=1S/C16H22OS/c1-3-14(2)12-18-13-16-10-5-4-8-15(16)9-6-7-11-17/h4-5,8,10,14,17H,3,7,11-13H2,1-2H3. The summed E-state index contributed by atoms with van der Waals surface area (Å²) in [6, 6.07) is 8.29. The van der Waals surface area contributed by atoms with E-state index in [0.29, 0.717) is 6.42 Å². The second-order valence-corrected chi connectivity index (χ2v) is 5.49. The Balaban J connectivity index is 2.57. The largest absolute Gasteiger partial charge is 0.395 e. The van der Waals surface area contributed by atoms with Crippen molar-refractivity contribution >= 4 is 11.8 Å². The molecule has 1 atom stereocenters. The van der Waals surface area contributed by atoms with Gasteiger partial charge in [-0.2, -0.15) is 11.8 Å². The van der Waals surface area contributed by atoms with Gasteiger partial charge in [-0.25, -0.2) is 0 Å². The first-order valence-electron chi connectivity index (χ1n) is 6.53. The molecule has 0 aromatic heterocycles. The third-order valence-corrected chi connectivity index (χ3v) is 4.15. The topological polar surface area (TPSA) is 20.2 Å². The zero-order chi connectivity index (χ0) is 13.2. The summed E-state index contributed by atoms with van der Waals surface area (Å²) in [7, 11) is 0. The summed E-state index contributed by atoms with van der Waals surface area (Å²) >= 11 is 1.98. The lowest BCUT2D eigenvalue weighted by atomic mass is 10.1. The summed E-state index contributed by atoms with van der Waals surface area (Å²) in [6.07, 6.45) is 1.79. The van der Waals surface area contributed by atoms with Gasteiger partial charge in [-0.1, -0.05) is 50.3 Å². The van der Waals surface area contributed by atoms with E-state index < -0.39 is 0 Å². The molecule has 1 aromatic carbocycles. The molecule has 0 fully saturated rings. The molecule has 18 heavy (non-hydrogen) atoms. The smallest absolute Gasteiger partial charge is 0.0540 e. The second-order valence-electron chi connectivity index (χ2n) is 4.46. The lowest BCUT2D eigenvalue weighted by Gasteiger charge is -2.08. The number of hydrogen-bond acceptors (Lipinski definition) is 2. The second kappa shape index (κ2) is 9.08. The van der Waals surface area contributed by atoms with Crippen LogP contribution in [-0.2, 0) is 5.75 Å². The first-order chi connectivity index (χ1) is 8.77. The van der Waals surface area contributed by atoms with Gasteiger partial charge >= 0.3 is 0 Å². The fraction of sp³-hybridized carbons (Fsp3) is 0.500. The van der Waals surface area contributed by atoms with Crippen molar-refractivity contribution in [2.75, 3.05) is 12.4 Å². The highest BCUT2D eigenvalue weighted by Crippen LogP contribution is 2.19. The summed E-state index contributed by atoms with van der Waals surface area (Å²) in [4.78, 5) is 0. The van der Waals surface area contributed by atoms with Gasteiger partial charge in [0, 0.05) is 17.7 Å². The van der Waals surface area contributed by atoms with Crippen molar-refractivity contribution < 1.29 is 5.11 Å². The molecule has 0 aliphatic heterocycles. The third-order valence-electron chi connectivity index (χ3n) is 2.83. The number of aliphatic hydroxyl groups excluding tert-OH is 1. The van der Waals surface area contributed by atoms with E-state index in [-0.39, 0.29) is 6.61 Å². The van der Waals surface area contributed by atoms with Crippen LogP contribution < -0.4 is 0 Å². The van der Waals surface area contributed by atoms with Crippen LogP contribution in [0.25, 0.3) is 0 Å². The quantitative estimate of drug-likeness (QED) is 0.789. The molecule has 0 radical (unpaired) electrons. The van der Waals surface area contributed by atoms with Crippen molar-refractivity contribution in [2.45, 2.75) is 32.4 Å². The van der Waals surface area contributed by atoms with Crippen LogP contribution in [0.1, 0.15) is 37.8 Å². The van der Waals surface area contributed by atoms with Crippen molar-refractivity contribution in [1.82, 2.24) is 0 Å². The Hall–Kier alpha value is -0.910. The summed E-state index contributed by atoms with van der Waals surface area (Å²) in [5, 5.41) is 8.74. The molecule has 1 N–H and O–H groups in total. The first-order valence-corrected chi connectivity index (χ1v) is 7.68. The molecule has 1 unspecified atom stereocenters. The Morgan fingerprint density at radius 3 is 2.83 bits per heavy atom. The van der Waals surface area contributed by atoms with Crippen molar-refractivity contribution in [1.29, 1.82) is 0 Å². The van der Waals surface area contributed by atoms with E-state index in [9.17, 15) is 0 Å². The summed E-state index contributed by atoms with van der Waals surface area (Å²) < 4.78 is 0. The minimum absolute atomic E-state index is 0.137. The number of hydrogen-bond donors (Lipinski definition) is 1. The minimum atomic E-state index is 0.137. The summed E-state index contributed by atoms with van der Waals surface area (Å²) in [5.41, 5.74) is 2.40. The van der Waals surface area contributed by atoms with E-state index in [4.69, 9.17) is 5.11 Å². The van der Waals surface area contributed by atoms with Gasteiger partial charge in [0.15, 0.2) is 0 Å². The summed E-state index contributed by atoms with van der Waals surface area (Å²) in [6.45, 7) is 4.66. The molecular weight excluding hydrogens is 240 g/mol. The van der Waals surface area contributed by atoms with Gasteiger partial charge in [-0.05, 0) is 23.3 Å². The van der Waals surface area contributed by atoms with Crippen LogP contribution in [0.2, 0.25) is 0 Å². The maximum Gasteiger partial charge on any atom is 0.0540 e. The Morgan fingerprint density at radius 2 is 2.11 bits per heavy atom. The van der Waals surface area contributed by atoms with Gasteiger partial charge in [-0.3, -0.25) is 0 Å². The Morgan fingerprint density at radius 1 is 1.33 bits per heavy atom. The number of thioether (sulfide) groups is 1. The zero-order valence-electron chi connectivity index (χ0n) is 11.3. The van der Waals surface area contributed by atoms with Gasteiger partial charge in [0.25, 0.3) is 0 Å². The van der Waals surface area contributed by atoms with Gasteiger partial charge < -0.3 is 5.11 Å². The predicted octanol–water partition coefficient (Wildman–Crippen LogP) is 3.70. The Labute approximate surface area is 115 Å². The molecule has 1 nitrogen and oxygen atoms in total. The van der Waals surface area contributed by atoms with Crippen LogP contribution in [0.5, 0.6) is 0 Å². The lowest BCUT2D eigenvalue weighted by molar-refractivity contribution is 0.305. The summed E-state index contributed by atoms with van der Waals surface area (Å²) in [5.74, 6) is 9.14. The van der Waals surface area contributed by atoms with E-state index in [2.05, 4.69) is 43.9 Å². The normalized spacial score (nSPS) is 11.7. The molecule has 0 bridgehead atoms. The van der Waals surface area contributed by atoms with Crippen molar-refractivity contribution in [3.8, 4) is 11.8 Å². The number of aliphatic hydroxyl groups is 1. The molecule has 0 amide bonds. The molecule has 1 rings (SSSR count). The highest BCUT2D eigenvalue weighted by atomic mass is 32.2. The third kappa shape index (κ3) is 5.62. The van der Waals surface area contributed by atoms with E-state index in [1.165, 1.54) is 17.7 Å². The van der Waals surface area contributed by atoms with Crippen LogP contribution in [0.4, 0.5) is 0 Å². The molecule has 0 saturated carbocycles. The first kappa shape index (κ1) is 15.1. The minimum Gasteiger partial charge on any atom is -0.395 e. The van der Waals surface area contributed by atoms with Gasteiger partial charge in [0.05, 0.1) is 6.61 Å². The monoisotopic (exact) mass is 262 g/mol.